The first-order chi connectivity index (χ1) is 26.3. The Balaban J connectivity index is 1.06. The summed E-state index contributed by atoms with van der Waals surface area (Å²) < 4.78 is 0. The molecule has 0 N–H and O–H groups in total. The molecule has 0 bridgehead atoms. The van der Waals surface area contributed by atoms with Crippen LogP contribution in [-0.4, -0.2) is 0 Å². The molecule has 248 valence electrons. The molecule has 0 saturated carbocycles. The van der Waals surface area contributed by atoms with Crippen LogP contribution in [0.25, 0.3) is 76.5 Å². The van der Waals surface area contributed by atoms with Gasteiger partial charge in [-0.1, -0.05) is 170 Å². The standard InChI is InChI=1S/C52H35N/c1-2-10-36(11-3-1)37-24-29-45(30-25-37)53(47-16-8-15-43(35-47)49-19-9-14-39-12-4-6-17-48(39)49)46-31-26-38(27-32-46)42-28-33-51-44(34-42)23-22-41-21-20-40-13-5-7-18-50(40)52(41)51/h1-35H. The molecule has 0 amide bonds. The summed E-state index contributed by atoms with van der Waals surface area (Å²) in [5, 5.41) is 10.2. The summed E-state index contributed by atoms with van der Waals surface area (Å²) in [6.45, 7) is 0. The summed E-state index contributed by atoms with van der Waals surface area (Å²) in [4.78, 5) is 2.37. The van der Waals surface area contributed by atoms with Crippen LogP contribution in [-0.2, 0) is 0 Å². The van der Waals surface area contributed by atoms with E-state index in [0.29, 0.717) is 0 Å². The van der Waals surface area contributed by atoms with Gasteiger partial charge in [-0.25, -0.2) is 0 Å². The molecule has 0 aromatic heterocycles. The SMILES string of the molecule is c1ccc(-c2ccc(N(c3ccc(-c4ccc5c(ccc6ccc7ccccc7c65)c4)cc3)c3cccc(-c4cccc5ccccc45)c3)cc2)cc1. The van der Waals surface area contributed by atoms with Crippen LogP contribution in [0.15, 0.2) is 212 Å². The monoisotopic (exact) mass is 673 g/mol. The van der Waals surface area contributed by atoms with Gasteiger partial charge in [-0.15, -0.1) is 0 Å². The molecule has 0 spiro atoms. The summed E-state index contributed by atoms with van der Waals surface area (Å²) in [5.74, 6) is 0. The van der Waals surface area contributed by atoms with Crippen molar-refractivity contribution in [1.29, 1.82) is 0 Å². The lowest BCUT2D eigenvalue weighted by molar-refractivity contribution is 1.28. The van der Waals surface area contributed by atoms with Gasteiger partial charge in [0, 0.05) is 17.1 Å². The van der Waals surface area contributed by atoms with Crippen molar-refractivity contribution in [3.8, 4) is 33.4 Å². The van der Waals surface area contributed by atoms with E-state index in [2.05, 4.69) is 217 Å². The van der Waals surface area contributed by atoms with Crippen molar-refractivity contribution < 1.29 is 0 Å². The van der Waals surface area contributed by atoms with Crippen LogP contribution in [0.2, 0.25) is 0 Å². The summed E-state index contributed by atoms with van der Waals surface area (Å²) in [6.07, 6.45) is 0. The fourth-order valence-corrected chi connectivity index (χ4v) is 7.99. The van der Waals surface area contributed by atoms with Gasteiger partial charge < -0.3 is 4.90 Å². The molecule has 53 heavy (non-hydrogen) atoms. The van der Waals surface area contributed by atoms with Gasteiger partial charge >= 0.3 is 0 Å². The summed E-state index contributed by atoms with van der Waals surface area (Å²) in [6, 6.07) is 77.2. The molecular weight excluding hydrogens is 639 g/mol. The van der Waals surface area contributed by atoms with Crippen LogP contribution >= 0.6 is 0 Å². The van der Waals surface area contributed by atoms with Crippen LogP contribution in [0.3, 0.4) is 0 Å². The molecule has 0 radical (unpaired) electrons. The third-order valence-corrected chi connectivity index (χ3v) is 10.6. The second kappa shape index (κ2) is 13.0. The molecule has 0 atom stereocenters. The summed E-state index contributed by atoms with van der Waals surface area (Å²) in [7, 11) is 0. The van der Waals surface area contributed by atoms with Crippen LogP contribution < -0.4 is 4.90 Å². The predicted molar refractivity (Wildman–Crippen MR) is 227 cm³/mol. The molecule has 0 aliphatic rings. The Bertz CT molecular complexity index is 2920. The van der Waals surface area contributed by atoms with Crippen LogP contribution in [0, 0.1) is 0 Å². The number of hydrogen-bond acceptors (Lipinski definition) is 1. The molecule has 0 aliphatic carbocycles. The maximum atomic E-state index is 2.37. The maximum absolute atomic E-state index is 2.37. The molecule has 0 fully saturated rings. The van der Waals surface area contributed by atoms with E-state index in [1.54, 1.807) is 0 Å². The minimum Gasteiger partial charge on any atom is -0.310 e. The Morgan fingerprint density at radius 3 is 1.51 bits per heavy atom. The molecule has 10 aromatic carbocycles. The van der Waals surface area contributed by atoms with Gasteiger partial charge in [0.15, 0.2) is 0 Å². The van der Waals surface area contributed by atoms with E-state index in [0.717, 1.165) is 17.1 Å². The number of benzene rings is 10. The van der Waals surface area contributed by atoms with E-state index in [-0.39, 0.29) is 0 Å². The second-order valence-corrected chi connectivity index (χ2v) is 13.8. The summed E-state index contributed by atoms with van der Waals surface area (Å²) >= 11 is 0. The Kier molecular flexibility index (Phi) is 7.55. The van der Waals surface area contributed by atoms with Crippen molar-refractivity contribution in [1.82, 2.24) is 0 Å². The highest BCUT2D eigenvalue weighted by molar-refractivity contribution is 6.20. The quantitative estimate of drug-likeness (QED) is 0.159. The van der Waals surface area contributed by atoms with Crippen molar-refractivity contribution in [3.05, 3.63) is 212 Å². The minimum absolute atomic E-state index is 1.11. The predicted octanol–water partition coefficient (Wildman–Crippen LogP) is 14.8. The molecule has 10 aromatic rings. The zero-order valence-corrected chi connectivity index (χ0v) is 29.2. The first-order valence-corrected chi connectivity index (χ1v) is 18.3. The van der Waals surface area contributed by atoms with Gasteiger partial charge in [-0.05, 0) is 119 Å². The highest BCUT2D eigenvalue weighted by Crippen LogP contribution is 2.40. The first kappa shape index (κ1) is 30.8. The fourth-order valence-electron chi connectivity index (χ4n) is 7.99. The van der Waals surface area contributed by atoms with Gasteiger partial charge in [-0.2, -0.15) is 0 Å². The first-order valence-electron chi connectivity index (χ1n) is 18.3. The third kappa shape index (κ3) is 5.60. The van der Waals surface area contributed by atoms with E-state index in [1.807, 2.05) is 0 Å². The number of anilines is 3. The molecule has 0 heterocycles. The molecule has 1 heteroatoms. The number of fused-ring (bicyclic) bond motifs is 6. The van der Waals surface area contributed by atoms with Gasteiger partial charge in [0.1, 0.15) is 0 Å². The Labute approximate surface area is 309 Å². The van der Waals surface area contributed by atoms with Crippen LogP contribution in [0.1, 0.15) is 0 Å². The maximum Gasteiger partial charge on any atom is 0.0467 e. The van der Waals surface area contributed by atoms with Crippen molar-refractivity contribution in [3.63, 3.8) is 0 Å². The molecule has 0 aliphatic heterocycles. The van der Waals surface area contributed by atoms with Crippen LogP contribution in [0.4, 0.5) is 17.1 Å². The van der Waals surface area contributed by atoms with Crippen molar-refractivity contribution in [2.45, 2.75) is 0 Å². The number of rotatable bonds is 6. The minimum atomic E-state index is 1.11. The van der Waals surface area contributed by atoms with Crippen molar-refractivity contribution in [2.75, 3.05) is 4.90 Å². The second-order valence-electron chi connectivity index (χ2n) is 13.8. The number of nitrogens with zero attached hydrogens (tertiary/aromatic N) is 1. The van der Waals surface area contributed by atoms with E-state index in [9.17, 15) is 0 Å². The highest BCUT2D eigenvalue weighted by atomic mass is 15.1. The highest BCUT2D eigenvalue weighted by Gasteiger charge is 2.15. The largest absolute Gasteiger partial charge is 0.310 e. The van der Waals surface area contributed by atoms with E-state index < -0.39 is 0 Å². The average molecular weight is 674 g/mol. The molecule has 0 saturated heterocycles. The molecular formula is C52H35N. The fraction of sp³-hybridized carbons (Fsp3) is 0. The van der Waals surface area contributed by atoms with E-state index >= 15 is 0 Å². The lowest BCUT2D eigenvalue weighted by Crippen LogP contribution is -2.10. The van der Waals surface area contributed by atoms with E-state index in [4.69, 9.17) is 0 Å². The van der Waals surface area contributed by atoms with Gasteiger partial charge in [0.25, 0.3) is 0 Å². The zero-order chi connectivity index (χ0) is 35.1. The molecule has 10 rings (SSSR count). The van der Waals surface area contributed by atoms with Gasteiger partial charge in [-0.3, -0.25) is 0 Å². The normalized spacial score (nSPS) is 11.4. The van der Waals surface area contributed by atoms with Gasteiger partial charge in [0.05, 0.1) is 0 Å². The topological polar surface area (TPSA) is 3.24 Å². The van der Waals surface area contributed by atoms with Crippen molar-refractivity contribution >= 4 is 60.2 Å². The Hall–Kier alpha value is -6.96. The molecule has 1 nitrogen and oxygen atoms in total. The van der Waals surface area contributed by atoms with Gasteiger partial charge in [0.2, 0.25) is 0 Å². The Morgan fingerprint density at radius 2 is 0.755 bits per heavy atom. The average Bonchev–Trinajstić information content (AvgIpc) is 3.24. The Morgan fingerprint density at radius 1 is 0.245 bits per heavy atom. The smallest absolute Gasteiger partial charge is 0.0467 e. The van der Waals surface area contributed by atoms with E-state index in [1.165, 1.54) is 76.5 Å². The van der Waals surface area contributed by atoms with Crippen molar-refractivity contribution in [2.24, 2.45) is 0 Å². The molecule has 0 unspecified atom stereocenters. The van der Waals surface area contributed by atoms with Crippen LogP contribution in [0.5, 0.6) is 0 Å². The lowest BCUT2D eigenvalue weighted by atomic mass is 9.94. The third-order valence-electron chi connectivity index (χ3n) is 10.6. The lowest BCUT2D eigenvalue weighted by Gasteiger charge is -2.26. The zero-order valence-electron chi connectivity index (χ0n) is 29.2. The number of hydrogen-bond donors (Lipinski definition) is 0. The summed E-state index contributed by atoms with van der Waals surface area (Å²) in [5.41, 5.74) is 10.6.